The zero-order valence-corrected chi connectivity index (χ0v) is 10.7. The van der Waals surface area contributed by atoms with Gasteiger partial charge in [0.15, 0.2) is 0 Å². The molecule has 0 spiro atoms. The van der Waals surface area contributed by atoms with E-state index >= 15 is 0 Å². The smallest absolute Gasteiger partial charge is 0.203 e. The molecule has 2 rings (SSSR count). The standard InChI is InChI=1S/C12H14Cl2N2/c1-2-3-4-8-16-10-7-5-6-9(13)11(10)15-12(16)14/h5-7H,2-4,8H2,1H3. The van der Waals surface area contributed by atoms with Crippen LogP contribution in [0.1, 0.15) is 26.2 Å². The summed E-state index contributed by atoms with van der Waals surface area (Å²) in [6.07, 6.45) is 3.52. The minimum absolute atomic E-state index is 0.527. The van der Waals surface area contributed by atoms with Crippen LogP contribution in [0, 0.1) is 0 Å². The van der Waals surface area contributed by atoms with Crippen molar-refractivity contribution in [2.45, 2.75) is 32.7 Å². The van der Waals surface area contributed by atoms with Crippen LogP contribution in [-0.4, -0.2) is 9.55 Å². The molecule has 0 unspecified atom stereocenters. The molecule has 0 aliphatic carbocycles. The van der Waals surface area contributed by atoms with Gasteiger partial charge in [-0.15, -0.1) is 0 Å². The van der Waals surface area contributed by atoms with Crippen LogP contribution in [0.2, 0.25) is 10.3 Å². The highest BCUT2D eigenvalue weighted by atomic mass is 35.5. The molecular weight excluding hydrogens is 243 g/mol. The van der Waals surface area contributed by atoms with Crippen LogP contribution in [0.5, 0.6) is 0 Å². The van der Waals surface area contributed by atoms with Crippen molar-refractivity contribution in [3.8, 4) is 0 Å². The highest BCUT2D eigenvalue weighted by Crippen LogP contribution is 2.26. The van der Waals surface area contributed by atoms with Crippen molar-refractivity contribution in [3.05, 3.63) is 28.5 Å². The Labute approximate surface area is 105 Å². The largest absolute Gasteiger partial charge is 0.315 e. The van der Waals surface area contributed by atoms with Crippen LogP contribution < -0.4 is 0 Å². The zero-order chi connectivity index (χ0) is 11.5. The molecule has 0 amide bonds. The van der Waals surface area contributed by atoms with Crippen LogP contribution in [0.4, 0.5) is 0 Å². The number of aryl methyl sites for hydroxylation is 1. The third-order valence-electron chi connectivity index (χ3n) is 2.67. The number of nitrogens with zero attached hydrogens (tertiary/aromatic N) is 2. The predicted molar refractivity (Wildman–Crippen MR) is 69.3 cm³/mol. The summed E-state index contributed by atoms with van der Waals surface area (Å²) >= 11 is 12.2. The molecule has 1 heterocycles. The number of aromatic nitrogens is 2. The molecule has 0 N–H and O–H groups in total. The van der Waals surface area contributed by atoms with E-state index in [2.05, 4.69) is 11.9 Å². The van der Waals surface area contributed by atoms with Crippen LogP contribution >= 0.6 is 23.2 Å². The minimum atomic E-state index is 0.527. The number of halogens is 2. The van der Waals surface area contributed by atoms with Gasteiger partial charge in [-0.1, -0.05) is 37.4 Å². The second-order valence-corrected chi connectivity index (χ2v) is 4.59. The van der Waals surface area contributed by atoms with Gasteiger partial charge in [0.1, 0.15) is 5.52 Å². The van der Waals surface area contributed by atoms with Gasteiger partial charge in [0.2, 0.25) is 5.28 Å². The molecule has 0 atom stereocenters. The van der Waals surface area contributed by atoms with Crippen molar-refractivity contribution in [1.29, 1.82) is 0 Å². The monoisotopic (exact) mass is 256 g/mol. The Morgan fingerprint density at radius 2 is 2.06 bits per heavy atom. The lowest BCUT2D eigenvalue weighted by atomic mass is 10.2. The molecule has 1 aromatic carbocycles. The molecule has 86 valence electrons. The van der Waals surface area contributed by atoms with Crippen molar-refractivity contribution in [3.63, 3.8) is 0 Å². The van der Waals surface area contributed by atoms with Gasteiger partial charge in [-0.05, 0) is 30.2 Å². The first-order valence-electron chi connectivity index (χ1n) is 5.54. The van der Waals surface area contributed by atoms with Crippen molar-refractivity contribution >= 4 is 34.2 Å². The first-order valence-corrected chi connectivity index (χ1v) is 6.30. The lowest BCUT2D eigenvalue weighted by Crippen LogP contribution is -1.97. The number of imidazole rings is 1. The number of benzene rings is 1. The summed E-state index contributed by atoms with van der Waals surface area (Å²) in [4.78, 5) is 4.29. The average molecular weight is 257 g/mol. The number of fused-ring (bicyclic) bond motifs is 1. The molecule has 0 aliphatic rings. The van der Waals surface area contributed by atoms with E-state index in [1.807, 2.05) is 22.8 Å². The molecular formula is C12H14Cl2N2. The number of hydrogen-bond acceptors (Lipinski definition) is 1. The SMILES string of the molecule is CCCCCn1c(Cl)nc2c(Cl)cccc21. The summed E-state index contributed by atoms with van der Waals surface area (Å²) < 4.78 is 2.03. The maximum atomic E-state index is 6.11. The van der Waals surface area contributed by atoms with Crippen LogP contribution in [-0.2, 0) is 6.54 Å². The third-order valence-corrected chi connectivity index (χ3v) is 3.26. The van der Waals surface area contributed by atoms with Crippen LogP contribution in [0.15, 0.2) is 18.2 Å². The van der Waals surface area contributed by atoms with E-state index in [4.69, 9.17) is 23.2 Å². The van der Waals surface area contributed by atoms with E-state index in [9.17, 15) is 0 Å². The molecule has 4 heteroatoms. The zero-order valence-electron chi connectivity index (χ0n) is 9.21. The van der Waals surface area contributed by atoms with Crippen molar-refractivity contribution in [1.82, 2.24) is 9.55 Å². The van der Waals surface area contributed by atoms with Gasteiger partial charge in [0.25, 0.3) is 0 Å². The Morgan fingerprint density at radius 1 is 1.25 bits per heavy atom. The second kappa shape index (κ2) is 5.07. The number of rotatable bonds is 4. The van der Waals surface area contributed by atoms with Crippen LogP contribution in [0.25, 0.3) is 11.0 Å². The van der Waals surface area contributed by atoms with Gasteiger partial charge in [-0.25, -0.2) is 4.98 Å². The quantitative estimate of drug-likeness (QED) is 0.735. The molecule has 16 heavy (non-hydrogen) atoms. The fourth-order valence-electron chi connectivity index (χ4n) is 1.82. The highest BCUT2D eigenvalue weighted by Gasteiger charge is 2.10. The molecule has 0 aliphatic heterocycles. The summed E-state index contributed by atoms with van der Waals surface area (Å²) in [5.41, 5.74) is 1.82. The van der Waals surface area contributed by atoms with E-state index in [1.54, 1.807) is 0 Å². The van der Waals surface area contributed by atoms with Crippen molar-refractivity contribution in [2.75, 3.05) is 0 Å². The van der Waals surface area contributed by atoms with Crippen molar-refractivity contribution < 1.29 is 0 Å². The maximum Gasteiger partial charge on any atom is 0.203 e. The van der Waals surface area contributed by atoms with Gasteiger partial charge < -0.3 is 4.57 Å². The van der Waals surface area contributed by atoms with Crippen molar-refractivity contribution in [2.24, 2.45) is 0 Å². The van der Waals surface area contributed by atoms with E-state index in [1.165, 1.54) is 12.8 Å². The Hall–Kier alpha value is -0.730. The third kappa shape index (κ3) is 2.18. The maximum absolute atomic E-state index is 6.11. The number of para-hydroxylation sites is 1. The second-order valence-electron chi connectivity index (χ2n) is 3.85. The van der Waals surface area contributed by atoms with Crippen LogP contribution in [0.3, 0.4) is 0 Å². The van der Waals surface area contributed by atoms with Gasteiger partial charge in [0.05, 0.1) is 10.5 Å². The molecule has 0 fully saturated rings. The molecule has 0 saturated carbocycles. The summed E-state index contributed by atoms with van der Waals surface area (Å²) in [7, 11) is 0. The van der Waals surface area contributed by atoms with Gasteiger partial charge >= 0.3 is 0 Å². The summed E-state index contributed by atoms with van der Waals surface area (Å²) in [5, 5.41) is 1.19. The molecule has 2 nitrogen and oxygen atoms in total. The van der Waals surface area contributed by atoms with E-state index in [0.717, 1.165) is 24.0 Å². The highest BCUT2D eigenvalue weighted by molar-refractivity contribution is 6.35. The molecule has 1 aromatic heterocycles. The van der Waals surface area contributed by atoms with Gasteiger partial charge in [0, 0.05) is 6.54 Å². The molecule has 0 radical (unpaired) electrons. The Bertz CT molecular complexity index is 491. The lowest BCUT2D eigenvalue weighted by molar-refractivity contribution is 0.614. The Morgan fingerprint density at radius 3 is 2.81 bits per heavy atom. The Kier molecular flexibility index (Phi) is 3.72. The van der Waals surface area contributed by atoms with E-state index in [0.29, 0.717) is 10.3 Å². The normalized spacial score (nSPS) is 11.2. The number of unbranched alkanes of at least 4 members (excludes halogenated alkanes) is 2. The summed E-state index contributed by atoms with van der Waals surface area (Å²) in [6.45, 7) is 3.09. The number of hydrogen-bond donors (Lipinski definition) is 0. The first kappa shape index (κ1) is 11.7. The fraction of sp³-hybridized carbons (Fsp3) is 0.417. The van der Waals surface area contributed by atoms with E-state index in [-0.39, 0.29) is 0 Å². The topological polar surface area (TPSA) is 17.8 Å². The van der Waals surface area contributed by atoms with Gasteiger partial charge in [-0.2, -0.15) is 0 Å². The molecule has 0 saturated heterocycles. The Balaban J connectivity index is 2.36. The molecule has 0 bridgehead atoms. The fourth-order valence-corrected chi connectivity index (χ4v) is 2.29. The summed E-state index contributed by atoms with van der Waals surface area (Å²) in [5.74, 6) is 0. The molecule has 2 aromatic rings. The minimum Gasteiger partial charge on any atom is -0.315 e. The van der Waals surface area contributed by atoms with E-state index < -0.39 is 0 Å². The first-order chi connectivity index (χ1) is 7.74. The summed E-state index contributed by atoms with van der Waals surface area (Å²) in [6, 6.07) is 5.77. The van der Waals surface area contributed by atoms with Gasteiger partial charge in [-0.3, -0.25) is 0 Å². The lowest BCUT2D eigenvalue weighted by Gasteiger charge is -2.04. The average Bonchev–Trinajstić information content (AvgIpc) is 2.58. The predicted octanol–water partition coefficient (Wildman–Crippen LogP) is 4.53.